The smallest absolute Gasteiger partial charge is 0.322 e. The molecule has 1 fully saturated rings. The van der Waals surface area contributed by atoms with Gasteiger partial charge in [0.2, 0.25) is 0 Å². The zero-order chi connectivity index (χ0) is 11.3. The number of ether oxygens (including phenoxy) is 1. The minimum absolute atomic E-state index is 0.141. The Morgan fingerprint density at radius 2 is 2.07 bits per heavy atom. The molecule has 0 bridgehead atoms. The van der Waals surface area contributed by atoms with Gasteiger partial charge in [0.25, 0.3) is 0 Å². The van der Waals surface area contributed by atoms with Gasteiger partial charge in [0.15, 0.2) is 0 Å². The predicted octanol–water partition coefficient (Wildman–Crippen LogP) is 0.575. The SMILES string of the molecule is COC(=O)C(C)N(C)CCN1CCCC1. The van der Waals surface area contributed by atoms with Crippen molar-refractivity contribution in [3.05, 3.63) is 0 Å². The molecule has 88 valence electrons. The number of likely N-dealkylation sites (tertiary alicyclic amines) is 1. The Morgan fingerprint density at radius 1 is 1.47 bits per heavy atom. The third kappa shape index (κ3) is 3.80. The van der Waals surface area contributed by atoms with E-state index in [1.165, 1.54) is 33.0 Å². The van der Waals surface area contributed by atoms with Gasteiger partial charge in [0, 0.05) is 13.1 Å². The fourth-order valence-electron chi connectivity index (χ4n) is 1.85. The summed E-state index contributed by atoms with van der Waals surface area (Å²) in [7, 11) is 3.41. The van der Waals surface area contributed by atoms with Gasteiger partial charge >= 0.3 is 5.97 Å². The summed E-state index contributed by atoms with van der Waals surface area (Å²) in [5.74, 6) is -0.154. The third-order valence-corrected chi connectivity index (χ3v) is 3.17. The maximum Gasteiger partial charge on any atom is 0.322 e. The van der Waals surface area contributed by atoms with Gasteiger partial charge in [-0.15, -0.1) is 0 Å². The zero-order valence-corrected chi connectivity index (χ0v) is 10.0. The normalized spacial score (nSPS) is 19.5. The van der Waals surface area contributed by atoms with Crippen molar-refractivity contribution in [3.8, 4) is 0 Å². The Hall–Kier alpha value is -0.610. The molecule has 4 heteroatoms. The molecular formula is C11H22N2O2. The summed E-state index contributed by atoms with van der Waals surface area (Å²) in [6.45, 7) is 6.28. The van der Waals surface area contributed by atoms with Crippen molar-refractivity contribution in [1.82, 2.24) is 9.80 Å². The number of nitrogens with zero attached hydrogens (tertiary/aromatic N) is 2. The van der Waals surface area contributed by atoms with E-state index >= 15 is 0 Å². The lowest BCUT2D eigenvalue weighted by Crippen LogP contribution is -2.41. The van der Waals surface area contributed by atoms with Crippen LogP contribution in [0.3, 0.4) is 0 Å². The van der Waals surface area contributed by atoms with Crippen molar-refractivity contribution in [2.75, 3.05) is 40.3 Å². The van der Waals surface area contributed by atoms with E-state index in [1.807, 2.05) is 18.9 Å². The van der Waals surface area contributed by atoms with E-state index in [4.69, 9.17) is 4.74 Å². The Kier molecular flexibility index (Phi) is 5.05. The Balaban J connectivity index is 2.22. The van der Waals surface area contributed by atoms with Crippen molar-refractivity contribution in [3.63, 3.8) is 0 Å². The van der Waals surface area contributed by atoms with Crippen LogP contribution in [-0.4, -0.2) is 62.1 Å². The van der Waals surface area contributed by atoms with Gasteiger partial charge in [-0.05, 0) is 39.9 Å². The van der Waals surface area contributed by atoms with Crippen molar-refractivity contribution in [1.29, 1.82) is 0 Å². The summed E-state index contributed by atoms with van der Waals surface area (Å²) in [4.78, 5) is 15.8. The molecule has 15 heavy (non-hydrogen) atoms. The van der Waals surface area contributed by atoms with E-state index in [-0.39, 0.29) is 12.0 Å². The quantitative estimate of drug-likeness (QED) is 0.627. The Bertz CT molecular complexity index is 203. The highest BCUT2D eigenvalue weighted by molar-refractivity contribution is 5.75. The highest BCUT2D eigenvalue weighted by Crippen LogP contribution is 2.07. The molecule has 1 aliphatic heterocycles. The van der Waals surface area contributed by atoms with Crippen LogP contribution in [0.1, 0.15) is 19.8 Å². The molecule has 1 unspecified atom stereocenters. The van der Waals surface area contributed by atoms with Crippen LogP contribution in [0.5, 0.6) is 0 Å². The van der Waals surface area contributed by atoms with Crippen LogP contribution in [0.25, 0.3) is 0 Å². The van der Waals surface area contributed by atoms with Gasteiger partial charge in [-0.1, -0.05) is 0 Å². The van der Waals surface area contributed by atoms with E-state index in [2.05, 4.69) is 4.90 Å². The number of carbonyl (C=O) groups is 1. The molecule has 1 aliphatic rings. The number of likely N-dealkylation sites (N-methyl/N-ethyl adjacent to an activating group) is 1. The van der Waals surface area contributed by atoms with E-state index in [0.717, 1.165) is 13.1 Å². The highest BCUT2D eigenvalue weighted by atomic mass is 16.5. The van der Waals surface area contributed by atoms with Crippen LogP contribution in [0.15, 0.2) is 0 Å². The van der Waals surface area contributed by atoms with Gasteiger partial charge in [0.1, 0.15) is 6.04 Å². The van der Waals surface area contributed by atoms with Crippen molar-refractivity contribution >= 4 is 5.97 Å². The lowest BCUT2D eigenvalue weighted by molar-refractivity contribution is -0.145. The van der Waals surface area contributed by atoms with Crippen LogP contribution in [0, 0.1) is 0 Å². The number of hydrogen-bond donors (Lipinski definition) is 0. The molecule has 0 aromatic carbocycles. The molecule has 1 saturated heterocycles. The van der Waals surface area contributed by atoms with Crippen molar-refractivity contribution < 1.29 is 9.53 Å². The maximum absolute atomic E-state index is 11.3. The van der Waals surface area contributed by atoms with Gasteiger partial charge < -0.3 is 9.64 Å². The molecule has 0 N–H and O–H groups in total. The minimum Gasteiger partial charge on any atom is -0.468 e. The molecule has 1 atom stereocenters. The summed E-state index contributed by atoms with van der Waals surface area (Å²) >= 11 is 0. The van der Waals surface area contributed by atoms with Crippen molar-refractivity contribution in [2.45, 2.75) is 25.8 Å². The number of esters is 1. The van der Waals surface area contributed by atoms with E-state index in [1.54, 1.807) is 0 Å². The summed E-state index contributed by atoms with van der Waals surface area (Å²) in [5.41, 5.74) is 0. The first-order chi connectivity index (χ1) is 7.15. The standard InChI is InChI=1S/C11H22N2O2/c1-10(11(14)15-3)12(2)8-9-13-6-4-5-7-13/h10H,4-9H2,1-3H3. The topological polar surface area (TPSA) is 32.8 Å². The van der Waals surface area contributed by atoms with Crippen LogP contribution in [0.4, 0.5) is 0 Å². The van der Waals surface area contributed by atoms with Crippen LogP contribution in [0.2, 0.25) is 0 Å². The summed E-state index contributed by atoms with van der Waals surface area (Å²) in [5, 5.41) is 0. The molecule has 0 amide bonds. The lowest BCUT2D eigenvalue weighted by atomic mass is 10.3. The molecular weight excluding hydrogens is 192 g/mol. The minimum atomic E-state index is -0.154. The second kappa shape index (κ2) is 6.08. The van der Waals surface area contributed by atoms with Crippen LogP contribution in [-0.2, 0) is 9.53 Å². The number of rotatable bonds is 5. The number of hydrogen-bond acceptors (Lipinski definition) is 4. The monoisotopic (exact) mass is 214 g/mol. The molecule has 0 spiro atoms. The Morgan fingerprint density at radius 3 is 2.60 bits per heavy atom. The molecule has 0 aromatic heterocycles. The first-order valence-corrected chi connectivity index (χ1v) is 5.65. The fourth-order valence-corrected chi connectivity index (χ4v) is 1.85. The highest BCUT2D eigenvalue weighted by Gasteiger charge is 2.19. The van der Waals surface area contributed by atoms with Crippen LogP contribution >= 0.6 is 0 Å². The Labute approximate surface area is 92.2 Å². The summed E-state index contributed by atoms with van der Waals surface area (Å²) in [6.07, 6.45) is 2.63. The van der Waals surface area contributed by atoms with E-state index in [0.29, 0.717) is 0 Å². The summed E-state index contributed by atoms with van der Waals surface area (Å²) in [6, 6.07) is -0.141. The first-order valence-electron chi connectivity index (χ1n) is 5.65. The van der Waals surface area contributed by atoms with Gasteiger partial charge in [-0.2, -0.15) is 0 Å². The first kappa shape index (κ1) is 12.5. The van der Waals surface area contributed by atoms with E-state index < -0.39 is 0 Å². The lowest BCUT2D eigenvalue weighted by Gasteiger charge is -2.25. The maximum atomic E-state index is 11.3. The molecule has 0 aliphatic carbocycles. The average molecular weight is 214 g/mol. The van der Waals surface area contributed by atoms with Crippen LogP contribution < -0.4 is 0 Å². The largest absolute Gasteiger partial charge is 0.468 e. The molecule has 1 heterocycles. The summed E-state index contributed by atoms with van der Waals surface area (Å²) < 4.78 is 4.71. The number of carbonyl (C=O) groups excluding carboxylic acids is 1. The van der Waals surface area contributed by atoms with Gasteiger partial charge in [0.05, 0.1) is 7.11 Å². The predicted molar refractivity (Wildman–Crippen MR) is 59.8 cm³/mol. The van der Waals surface area contributed by atoms with Gasteiger partial charge in [-0.25, -0.2) is 0 Å². The third-order valence-electron chi connectivity index (χ3n) is 3.17. The average Bonchev–Trinajstić information content (AvgIpc) is 2.76. The molecule has 1 rings (SSSR count). The molecule has 0 aromatic rings. The second-order valence-corrected chi connectivity index (χ2v) is 4.23. The number of methoxy groups -OCH3 is 1. The zero-order valence-electron chi connectivity index (χ0n) is 10.0. The van der Waals surface area contributed by atoms with E-state index in [9.17, 15) is 4.79 Å². The fraction of sp³-hybridized carbons (Fsp3) is 0.909. The second-order valence-electron chi connectivity index (χ2n) is 4.23. The van der Waals surface area contributed by atoms with Gasteiger partial charge in [-0.3, -0.25) is 9.69 Å². The van der Waals surface area contributed by atoms with Crippen molar-refractivity contribution in [2.24, 2.45) is 0 Å². The molecule has 0 saturated carbocycles. The molecule has 4 nitrogen and oxygen atoms in total. The molecule has 0 radical (unpaired) electrons.